The molecule has 0 unspecified atom stereocenters. The summed E-state index contributed by atoms with van der Waals surface area (Å²) in [5.74, 6) is 0.982. The van der Waals surface area contributed by atoms with Gasteiger partial charge in [0.25, 0.3) is 0 Å². The lowest BCUT2D eigenvalue weighted by Crippen LogP contribution is -2.20. The van der Waals surface area contributed by atoms with E-state index < -0.39 is 0 Å². The predicted molar refractivity (Wildman–Crippen MR) is 67.7 cm³/mol. The molecular weight excluding hydrogens is 214 g/mol. The van der Waals surface area contributed by atoms with Crippen molar-refractivity contribution >= 4 is 17.2 Å². The summed E-state index contributed by atoms with van der Waals surface area (Å²) in [6, 6.07) is 3.98. The first-order valence-electron chi connectivity index (χ1n) is 5.80. The van der Waals surface area contributed by atoms with Gasteiger partial charge in [-0.1, -0.05) is 6.58 Å². The highest BCUT2D eigenvalue weighted by Gasteiger charge is 2.15. The molecule has 5 nitrogen and oxygen atoms in total. The van der Waals surface area contributed by atoms with Crippen molar-refractivity contribution < 1.29 is 0 Å². The van der Waals surface area contributed by atoms with Crippen molar-refractivity contribution in [2.24, 2.45) is 5.73 Å². The molecule has 1 fully saturated rings. The van der Waals surface area contributed by atoms with Gasteiger partial charge in [0.1, 0.15) is 11.5 Å². The van der Waals surface area contributed by atoms with E-state index >= 15 is 0 Å². The molecule has 0 aromatic carbocycles. The lowest BCUT2D eigenvalue weighted by Gasteiger charge is -2.16. The second-order valence-electron chi connectivity index (χ2n) is 4.32. The molecule has 0 radical (unpaired) electrons. The highest BCUT2D eigenvalue weighted by molar-refractivity contribution is 5.60. The van der Waals surface area contributed by atoms with Crippen LogP contribution in [-0.2, 0) is 0 Å². The maximum atomic E-state index is 5.72. The number of hydrogen-bond acceptors (Lipinski definition) is 4. The van der Waals surface area contributed by atoms with E-state index in [2.05, 4.69) is 21.6 Å². The highest BCUT2D eigenvalue weighted by Crippen LogP contribution is 2.19. The van der Waals surface area contributed by atoms with Gasteiger partial charge in [-0.2, -0.15) is 0 Å². The number of rotatable bonds is 2. The Morgan fingerprint density at radius 2 is 2.06 bits per heavy atom. The van der Waals surface area contributed by atoms with E-state index in [0.717, 1.165) is 30.2 Å². The lowest BCUT2D eigenvalue weighted by atomic mass is 10.4. The first kappa shape index (κ1) is 10.1. The molecule has 0 bridgehead atoms. The second kappa shape index (κ2) is 3.76. The van der Waals surface area contributed by atoms with E-state index in [1.807, 2.05) is 12.1 Å². The van der Waals surface area contributed by atoms with Gasteiger partial charge in [-0.25, -0.2) is 9.50 Å². The van der Waals surface area contributed by atoms with E-state index in [9.17, 15) is 0 Å². The minimum atomic E-state index is 0.489. The molecule has 1 aliphatic heterocycles. The summed E-state index contributed by atoms with van der Waals surface area (Å²) < 4.78 is 1.76. The van der Waals surface area contributed by atoms with E-state index in [-0.39, 0.29) is 0 Å². The van der Waals surface area contributed by atoms with Crippen LogP contribution in [0.1, 0.15) is 18.5 Å². The molecule has 0 spiro atoms. The molecule has 2 N–H and O–H groups in total. The fraction of sp³-hybridized carbons (Fsp3) is 0.333. The zero-order chi connectivity index (χ0) is 11.8. The van der Waals surface area contributed by atoms with Crippen molar-refractivity contribution in [2.75, 3.05) is 18.0 Å². The zero-order valence-electron chi connectivity index (χ0n) is 9.63. The molecule has 5 heteroatoms. The molecular formula is C12H15N5. The van der Waals surface area contributed by atoms with Crippen LogP contribution in [0.15, 0.2) is 24.9 Å². The Balaban J connectivity index is 2.09. The number of nitrogens with zero attached hydrogens (tertiary/aromatic N) is 4. The number of nitrogens with two attached hydrogens (primary N) is 1. The third kappa shape index (κ3) is 1.63. The number of aromatic nitrogens is 3. The number of fused-ring (bicyclic) bond motifs is 1. The number of hydrogen-bond donors (Lipinski definition) is 1. The van der Waals surface area contributed by atoms with Gasteiger partial charge in [0.15, 0.2) is 5.65 Å². The van der Waals surface area contributed by atoms with Gasteiger partial charge >= 0.3 is 0 Å². The van der Waals surface area contributed by atoms with Crippen LogP contribution in [0, 0.1) is 0 Å². The van der Waals surface area contributed by atoms with Gasteiger partial charge in [0.05, 0.1) is 11.9 Å². The lowest BCUT2D eigenvalue weighted by molar-refractivity contribution is 0.852. The summed E-state index contributed by atoms with van der Waals surface area (Å²) >= 11 is 0. The molecule has 1 aliphatic rings. The monoisotopic (exact) mass is 229 g/mol. The Morgan fingerprint density at radius 3 is 2.76 bits per heavy atom. The topological polar surface area (TPSA) is 59.5 Å². The molecule has 0 atom stereocenters. The van der Waals surface area contributed by atoms with Crippen molar-refractivity contribution in [3.63, 3.8) is 0 Å². The van der Waals surface area contributed by atoms with Crippen LogP contribution >= 0.6 is 0 Å². The van der Waals surface area contributed by atoms with E-state index in [1.54, 1.807) is 10.7 Å². The van der Waals surface area contributed by atoms with Gasteiger partial charge in [0, 0.05) is 13.1 Å². The van der Waals surface area contributed by atoms with E-state index in [0.29, 0.717) is 5.70 Å². The SMILES string of the molecule is C=C(N)c1cnc2ccc(N3CCCC3)nn12. The molecule has 3 rings (SSSR count). The minimum absolute atomic E-state index is 0.489. The first-order chi connectivity index (χ1) is 8.25. The molecule has 0 amide bonds. The third-order valence-electron chi connectivity index (χ3n) is 3.11. The Morgan fingerprint density at radius 1 is 1.29 bits per heavy atom. The second-order valence-corrected chi connectivity index (χ2v) is 4.32. The van der Waals surface area contributed by atoms with Gasteiger partial charge in [-0.15, -0.1) is 5.10 Å². The minimum Gasteiger partial charge on any atom is -0.397 e. The summed E-state index contributed by atoms with van der Waals surface area (Å²) in [5.41, 5.74) is 7.77. The van der Waals surface area contributed by atoms with Crippen LogP contribution in [0.3, 0.4) is 0 Å². The molecule has 2 aromatic rings. The molecule has 17 heavy (non-hydrogen) atoms. The maximum absolute atomic E-state index is 5.72. The summed E-state index contributed by atoms with van der Waals surface area (Å²) in [6.45, 7) is 5.89. The predicted octanol–water partition coefficient (Wildman–Crippen LogP) is 1.26. The van der Waals surface area contributed by atoms with Crippen molar-refractivity contribution in [1.29, 1.82) is 0 Å². The van der Waals surface area contributed by atoms with Gasteiger partial charge in [-0.05, 0) is 25.0 Å². The van der Waals surface area contributed by atoms with Crippen LogP contribution in [0.2, 0.25) is 0 Å². The summed E-state index contributed by atoms with van der Waals surface area (Å²) in [6.07, 6.45) is 4.18. The quantitative estimate of drug-likeness (QED) is 0.842. The largest absolute Gasteiger partial charge is 0.397 e. The Labute approximate surface area is 99.6 Å². The summed E-state index contributed by atoms with van der Waals surface area (Å²) in [5, 5.41) is 4.58. The van der Waals surface area contributed by atoms with E-state index in [1.165, 1.54) is 12.8 Å². The Kier molecular flexibility index (Phi) is 2.24. The van der Waals surface area contributed by atoms with Gasteiger partial charge < -0.3 is 10.6 Å². The third-order valence-corrected chi connectivity index (χ3v) is 3.11. The smallest absolute Gasteiger partial charge is 0.154 e. The molecule has 3 heterocycles. The van der Waals surface area contributed by atoms with Crippen molar-refractivity contribution in [1.82, 2.24) is 14.6 Å². The van der Waals surface area contributed by atoms with Crippen LogP contribution < -0.4 is 10.6 Å². The Bertz CT molecular complexity index is 565. The summed E-state index contributed by atoms with van der Waals surface area (Å²) in [7, 11) is 0. The van der Waals surface area contributed by atoms with Crippen LogP contribution in [0.4, 0.5) is 5.82 Å². The normalized spacial score (nSPS) is 15.6. The van der Waals surface area contributed by atoms with Crippen molar-refractivity contribution in [2.45, 2.75) is 12.8 Å². The average molecular weight is 229 g/mol. The fourth-order valence-electron chi connectivity index (χ4n) is 2.20. The van der Waals surface area contributed by atoms with Crippen molar-refractivity contribution in [3.05, 3.63) is 30.6 Å². The van der Waals surface area contributed by atoms with E-state index in [4.69, 9.17) is 5.73 Å². The molecule has 2 aromatic heterocycles. The summed E-state index contributed by atoms with van der Waals surface area (Å²) in [4.78, 5) is 6.53. The standard InChI is InChI=1S/C12H15N5/c1-9(13)10-8-14-11-4-5-12(15-17(10)11)16-6-2-3-7-16/h4-5,8H,1-3,6-7,13H2. The van der Waals surface area contributed by atoms with Crippen LogP contribution in [-0.4, -0.2) is 27.7 Å². The number of imidazole rings is 1. The molecule has 0 aliphatic carbocycles. The first-order valence-corrected chi connectivity index (χ1v) is 5.80. The van der Waals surface area contributed by atoms with Crippen LogP contribution in [0.25, 0.3) is 11.3 Å². The highest BCUT2D eigenvalue weighted by atomic mass is 15.3. The molecule has 0 saturated carbocycles. The van der Waals surface area contributed by atoms with Crippen LogP contribution in [0.5, 0.6) is 0 Å². The van der Waals surface area contributed by atoms with Gasteiger partial charge in [0.2, 0.25) is 0 Å². The molecule has 88 valence electrons. The zero-order valence-corrected chi connectivity index (χ0v) is 9.63. The Hall–Kier alpha value is -2.04. The van der Waals surface area contributed by atoms with Crippen molar-refractivity contribution in [3.8, 4) is 0 Å². The average Bonchev–Trinajstić information content (AvgIpc) is 2.97. The fourth-order valence-corrected chi connectivity index (χ4v) is 2.20. The molecule has 1 saturated heterocycles. The maximum Gasteiger partial charge on any atom is 0.154 e. The van der Waals surface area contributed by atoms with Gasteiger partial charge in [-0.3, -0.25) is 0 Å². The number of anilines is 1.